The highest BCUT2D eigenvalue weighted by atomic mass is 32.1. The summed E-state index contributed by atoms with van der Waals surface area (Å²) in [4.78, 5) is 25.0. The van der Waals surface area contributed by atoms with Gasteiger partial charge in [-0.25, -0.2) is 4.79 Å². The number of fused-ring (bicyclic) bond motifs is 1. The summed E-state index contributed by atoms with van der Waals surface area (Å²) in [6.45, 7) is -2.01. The Morgan fingerprint density at radius 1 is 1.39 bits per heavy atom. The summed E-state index contributed by atoms with van der Waals surface area (Å²) in [5.41, 5.74) is -1.32. The van der Waals surface area contributed by atoms with Gasteiger partial charge >= 0.3 is 11.9 Å². The van der Waals surface area contributed by atoms with E-state index in [4.69, 9.17) is 2.74 Å². The second kappa shape index (κ2) is 5.48. The van der Waals surface area contributed by atoms with Crippen LogP contribution < -0.4 is 11.2 Å². The maximum absolute atomic E-state index is 12.7. The van der Waals surface area contributed by atoms with Crippen molar-refractivity contribution in [3.05, 3.63) is 31.3 Å². The van der Waals surface area contributed by atoms with Crippen LogP contribution >= 0.6 is 11.3 Å². The first-order valence-corrected chi connectivity index (χ1v) is 7.81. The summed E-state index contributed by atoms with van der Waals surface area (Å²) in [6.07, 6.45) is -4.54. The van der Waals surface area contributed by atoms with E-state index in [0.29, 0.717) is 24.2 Å². The number of aromatic nitrogens is 2. The minimum Gasteiger partial charge on any atom is -0.391 e. The Balaban J connectivity index is 2.32. The molecule has 0 spiro atoms. The highest BCUT2D eigenvalue weighted by Crippen LogP contribution is 2.34. The molecule has 3 rings (SSSR count). The smallest absolute Gasteiger partial charge is 0.390 e. The quantitative estimate of drug-likeness (QED) is 0.920. The summed E-state index contributed by atoms with van der Waals surface area (Å²) in [6, 6.07) is -0.338. The molecule has 1 aliphatic rings. The molecule has 2 aromatic heterocycles. The molecule has 126 valence electrons. The lowest BCUT2D eigenvalue weighted by atomic mass is 10.2. The number of thiophene rings is 1. The minimum absolute atomic E-state index is 0.00778. The molecular weight excluding hydrogens is 333 g/mol. The SMILES string of the molecule is [2H]C([2H])(O)c1sc2c(c1C)c(=O)n(C1CC1)c(=O)n2CCC(F)(F)F. The highest BCUT2D eigenvalue weighted by molar-refractivity contribution is 7.18. The number of aliphatic hydroxyl groups is 1. The van der Waals surface area contributed by atoms with Gasteiger partial charge in [-0.05, 0) is 25.3 Å². The summed E-state index contributed by atoms with van der Waals surface area (Å²) in [5, 5.41) is 9.63. The van der Waals surface area contributed by atoms with E-state index in [2.05, 4.69) is 0 Å². The molecule has 1 fully saturated rings. The topological polar surface area (TPSA) is 64.2 Å². The fourth-order valence-corrected chi connectivity index (χ4v) is 3.68. The summed E-state index contributed by atoms with van der Waals surface area (Å²) in [5.74, 6) is 0. The van der Waals surface area contributed by atoms with Crippen LogP contribution in [0.2, 0.25) is 0 Å². The number of rotatable bonds is 4. The van der Waals surface area contributed by atoms with Gasteiger partial charge in [0.1, 0.15) is 4.83 Å². The molecule has 0 atom stereocenters. The van der Waals surface area contributed by atoms with Crippen molar-refractivity contribution in [2.24, 2.45) is 0 Å². The van der Waals surface area contributed by atoms with Crippen LogP contribution in [0.1, 0.15) is 38.5 Å². The van der Waals surface area contributed by atoms with Crippen molar-refractivity contribution in [1.82, 2.24) is 9.13 Å². The molecule has 23 heavy (non-hydrogen) atoms. The second-order valence-electron chi connectivity index (χ2n) is 5.55. The van der Waals surface area contributed by atoms with Crippen LogP contribution in [0.5, 0.6) is 0 Å². The van der Waals surface area contributed by atoms with Crippen LogP contribution in [0.4, 0.5) is 13.2 Å². The van der Waals surface area contributed by atoms with Crippen molar-refractivity contribution in [1.29, 1.82) is 0 Å². The van der Waals surface area contributed by atoms with E-state index in [9.17, 15) is 27.9 Å². The zero-order valence-corrected chi connectivity index (χ0v) is 12.9. The van der Waals surface area contributed by atoms with Crippen LogP contribution in [0.25, 0.3) is 10.2 Å². The van der Waals surface area contributed by atoms with Crippen LogP contribution in [-0.2, 0) is 13.1 Å². The van der Waals surface area contributed by atoms with Gasteiger partial charge < -0.3 is 5.11 Å². The second-order valence-corrected chi connectivity index (χ2v) is 6.55. The van der Waals surface area contributed by atoms with E-state index in [1.807, 2.05) is 0 Å². The molecule has 0 aromatic carbocycles. The number of hydrogen-bond donors (Lipinski definition) is 1. The molecule has 1 saturated carbocycles. The number of nitrogens with zero attached hydrogens (tertiary/aromatic N) is 2. The van der Waals surface area contributed by atoms with Crippen molar-refractivity contribution in [3.63, 3.8) is 0 Å². The van der Waals surface area contributed by atoms with E-state index in [0.717, 1.165) is 9.13 Å². The Bertz CT molecular complexity index is 952. The molecule has 2 heterocycles. The van der Waals surface area contributed by atoms with E-state index >= 15 is 0 Å². The molecule has 0 radical (unpaired) electrons. The Kier molecular flexibility index (Phi) is 3.29. The Hall–Kier alpha value is -1.61. The van der Waals surface area contributed by atoms with Crippen LogP contribution in [0.3, 0.4) is 0 Å². The molecular formula is C14H15F3N2O3S. The predicted molar refractivity (Wildman–Crippen MR) is 79.9 cm³/mol. The van der Waals surface area contributed by atoms with E-state index in [-0.39, 0.29) is 26.7 Å². The largest absolute Gasteiger partial charge is 0.391 e. The molecule has 2 aromatic rings. The fourth-order valence-electron chi connectivity index (χ4n) is 2.56. The molecule has 0 aliphatic heterocycles. The van der Waals surface area contributed by atoms with Crippen molar-refractivity contribution >= 4 is 21.6 Å². The van der Waals surface area contributed by atoms with Gasteiger partial charge in [0.05, 0.1) is 21.1 Å². The van der Waals surface area contributed by atoms with Crippen LogP contribution in [-0.4, -0.2) is 20.4 Å². The normalized spacial score (nSPS) is 17.4. The monoisotopic (exact) mass is 350 g/mol. The summed E-state index contributed by atoms with van der Waals surface area (Å²) < 4.78 is 54.6. The maximum Gasteiger partial charge on any atom is 0.390 e. The maximum atomic E-state index is 12.7. The Morgan fingerprint density at radius 3 is 2.57 bits per heavy atom. The number of alkyl halides is 3. The number of aryl methyl sites for hydroxylation is 2. The molecule has 9 heteroatoms. The molecule has 5 nitrogen and oxygen atoms in total. The van der Waals surface area contributed by atoms with Gasteiger partial charge in [-0.2, -0.15) is 13.2 Å². The zero-order chi connectivity index (χ0) is 18.7. The average molecular weight is 350 g/mol. The molecule has 0 bridgehead atoms. The average Bonchev–Trinajstić information content (AvgIpc) is 3.19. The third kappa shape index (κ3) is 2.83. The predicted octanol–water partition coefficient (Wildman–Crippen LogP) is 2.31. The fraction of sp³-hybridized carbons (Fsp3) is 0.571. The van der Waals surface area contributed by atoms with E-state index in [1.54, 1.807) is 0 Å². The van der Waals surface area contributed by atoms with Gasteiger partial charge in [0.25, 0.3) is 5.56 Å². The highest BCUT2D eigenvalue weighted by Gasteiger charge is 2.32. The molecule has 0 saturated heterocycles. The zero-order valence-electron chi connectivity index (χ0n) is 14.1. The van der Waals surface area contributed by atoms with E-state index < -0.39 is 36.9 Å². The van der Waals surface area contributed by atoms with E-state index in [1.165, 1.54) is 6.92 Å². The van der Waals surface area contributed by atoms with Gasteiger partial charge in [0.15, 0.2) is 0 Å². The van der Waals surface area contributed by atoms with Gasteiger partial charge in [0, 0.05) is 17.5 Å². The van der Waals surface area contributed by atoms with Crippen molar-refractivity contribution in [3.8, 4) is 0 Å². The van der Waals surface area contributed by atoms with Gasteiger partial charge in [0.2, 0.25) is 0 Å². The first-order valence-electron chi connectivity index (χ1n) is 8.00. The van der Waals surface area contributed by atoms with Crippen LogP contribution in [0.15, 0.2) is 9.59 Å². The Labute approximate surface area is 135 Å². The first-order chi connectivity index (χ1) is 11.4. The van der Waals surface area contributed by atoms with Gasteiger partial charge in [-0.1, -0.05) is 0 Å². The van der Waals surface area contributed by atoms with Crippen molar-refractivity contribution in [2.45, 2.75) is 51.5 Å². The lowest BCUT2D eigenvalue weighted by Crippen LogP contribution is -2.39. The van der Waals surface area contributed by atoms with Crippen LogP contribution in [0, 0.1) is 6.92 Å². The standard InChI is InChI=1S/C14H15F3N2O3S/c1-7-9(6-20)23-12-10(7)11(21)19(8-2-3-8)13(22)18(12)5-4-14(15,16)17/h8,20H,2-6H2,1H3/i6D2. The summed E-state index contributed by atoms with van der Waals surface area (Å²) >= 11 is 0.634. The van der Waals surface area contributed by atoms with Gasteiger partial charge in [-0.15, -0.1) is 11.3 Å². The summed E-state index contributed by atoms with van der Waals surface area (Å²) in [7, 11) is 0. The van der Waals surface area contributed by atoms with Gasteiger partial charge in [-0.3, -0.25) is 13.9 Å². The van der Waals surface area contributed by atoms with Crippen molar-refractivity contribution in [2.75, 3.05) is 0 Å². The number of halogens is 3. The third-order valence-corrected chi connectivity index (χ3v) is 5.09. The lowest BCUT2D eigenvalue weighted by molar-refractivity contribution is -0.136. The molecule has 1 N–H and O–H groups in total. The minimum atomic E-state index is -4.48. The number of hydrogen-bond acceptors (Lipinski definition) is 4. The Morgan fingerprint density at radius 2 is 2.04 bits per heavy atom. The molecule has 1 aliphatic carbocycles. The third-order valence-electron chi connectivity index (χ3n) is 3.88. The molecule has 0 unspecified atom stereocenters. The first kappa shape index (κ1) is 13.8. The van der Waals surface area contributed by atoms with Crippen molar-refractivity contribution < 1.29 is 21.0 Å². The lowest BCUT2D eigenvalue weighted by Gasteiger charge is -2.12. The molecule has 0 amide bonds.